The van der Waals surface area contributed by atoms with E-state index in [1.165, 1.54) is 6.20 Å². The van der Waals surface area contributed by atoms with Crippen molar-refractivity contribution in [3.63, 3.8) is 0 Å². The third-order valence-corrected chi connectivity index (χ3v) is 6.71. The van der Waals surface area contributed by atoms with Gasteiger partial charge in [-0.3, -0.25) is 9.59 Å². The van der Waals surface area contributed by atoms with E-state index < -0.39 is 26.6 Å². The van der Waals surface area contributed by atoms with Crippen molar-refractivity contribution < 1.29 is 26.8 Å². The van der Waals surface area contributed by atoms with Gasteiger partial charge in [-0.2, -0.15) is 0 Å². The molecule has 3 rings (SSSR count). The molecular formula is C20H21ClF2N4O4S. The normalized spacial score (nSPS) is 14.9. The lowest BCUT2D eigenvalue weighted by Gasteiger charge is -2.31. The number of hydrogen-bond donors (Lipinski definition) is 2. The number of halogens is 3. The number of hydrogen-bond acceptors (Lipinski definition) is 5. The highest BCUT2D eigenvalue weighted by molar-refractivity contribution is 7.89. The molecule has 0 spiro atoms. The third-order valence-electron chi connectivity index (χ3n) is 5.03. The number of benzene rings is 1. The van der Waals surface area contributed by atoms with Gasteiger partial charge in [-0.25, -0.2) is 26.9 Å². The zero-order valence-electron chi connectivity index (χ0n) is 16.9. The van der Waals surface area contributed by atoms with Gasteiger partial charge in [0, 0.05) is 38.2 Å². The van der Waals surface area contributed by atoms with Gasteiger partial charge in [0.1, 0.15) is 5.82 Å². The van der Waals surface area contributed by atoms with Crippen LogP contribution in [-0.4, -0.2) is 49.8 Å². The molecule has 2 N–H and O–H groups in total. The second kappa shape index (κ2) is 10.3. The molecule has 12 heteroatoms. The fourth-order valence-electron chi connectivity index (χ4n) is 3.25. The Bertz CT molecular complexity index is 1090. The number of carbonyl (C=O) groups excluding carboxylic acids is 2. The average molecular weight is 487 g/mol. The summed E-state index contributed by atoms with van der Waals surface area (Å²) in [5.74, 6) is -2.76. The topological polar surface area (TPSA) is 108 Å². The zero-order valence-corrected chi connectivity index (χ0v) is 18.4. The molecule has 1 fully saturated rings. The molecule has 0 atom stereocenters. The summed E-state index contributed by atoms with van der Waals surface area (Å²) in [4.78, 5) is 29.9. The number of rotatable bonds is 7. The first-order valence-corrected chi connectivity index (χ1v) is 11.7. The number of pyridine rings is 1. The maximum atomic E-state index is 13.3. The Morgan fingerprint density at radius 2 is 1.84 bits per heavy atom. The highest BCUT2D eigenvalue weighted by Gasteiger charge is 2.27. The van der Waals surface area contributed by atoms with Crippen LogP contribution in [0.15, 0.2) is 41.4 Å². The van der Waals surface area contributed by atoms with Gasteiger partial charge >= 0.3 is 0 Å². The summed E-state index contributed by atoms with van der Waals surface area (Å²) in [6.45, 7) is 0.532. The summed E-state index contributed by atoms with van der Waals surface area (Å²) in [6.07, 6.45) is 2.26. The summed E-state index contributed by atoms with van der Waals surface area (Å²) in [7, 11) is -4.07. The van der Waals surface area contributed by atoms with Crippen LogP contribution >= 0.6 is 11.6 Å². The van der Waals surface area contributed by atoms with Crippen LogP contribution in [0.2, 0.25) is 5.02 Å². The molecule has 2 amide bonds. The van der Waals surface area contributed by atoms with Crippen LogP contribution < -0.4 is 10.0 Å². The maximum Gasteiger partial charge on any atom is 0.240 e. The van der Waals surface area contributed by atoms with E-state index in [2.05, 4.69) is 15.0 Å². The van der Waals surface area contributed by atoms with Gasteiger partial charge < -0.3 is 10.2 Å². The summed E-state index contributed by atoms with van der Waals surface area (Å²) >= 11 is 5.77. The van der Waals surface area contributed by atoms with Crippen molar-refractivity contribution in [3.8, 4) is 0 Å². The summed E-state index contributed by atoms with van der Waals surface area (Å²) in [6, 6.07) is 5.46. The van der Waals surface area contributed by atoms with E-state index >= 15 is 0 Å². The van der Waals surface area contributed by atoms with Crippen LogP contribution in [0.1, 0.15) is 19.3 Å². The van der Waals surface area contributed by atoms with E-state index in [1.807, 2.05) is 0 Å². The van der Waals surface area contributed by atoms with E-state index in [9.17, 15) is 26.8 Å². The molecule has 0 bridgehead atoms. The number of aromatic nitrogens is 1. The second-order valence-corrected chi connectivity index (χ2v) is 9.43. The van der Waals surface area contributed by atoms with Crippen molar-refractivity contribution in [2.24, 2.45) is 5.92 Å². The van der Waals surface area contributed by atoms with Gasteiger partial charge in [0.05, 0.1) is 9.92 Å². The zero-order chi connectivity index (χ0) is 23.3. The van der Waals surface area contributed by atoms with E-state index in [-0.39, 0.29) is 30.7 Å². The van der Waals surface area contributed by atoms with E-state index in [0.717, 1.165) is 12.1 Å². The predicted molar refractivity (Wildman–Crippen MR) is 113 cm³/mol. The molecule has 0 saturated carbocycles. The van der Waals surface area contributed by atoms with Crippen LogP contribution in [0.3, 0.4) is 0 Å². The van der Waals surface area contributed by atoms with Gasteiger partial charge in [0.2, 0.25) is 21.8 Å². The number of likely N-dealkylation sites (tertiary alicyclic amines) is 1. The number of nitrogens with one attached hydrogen (secondary N) is 2. The lowest BCUT2D eigenvalue weighted by Crippen LogP contribution is -2.42. The van der Waals surface area contributed by atoms with Crippen molar-refractivity contribution in [3.05, 3.63) is 53.2 Å². The minimum absolute atomic E-state index is 0.103. The lowest BCUT2D eigenvalue weighted by atomic mass is 9.95. The SMILES string of the molecule is O=C(Nc1ccc(Cl)cn1)C1CCN(C(=O)CCNS(=O)(=O)c2ccc(F)c(F)c2)CC1. The Morgan fingerprint density at radius 1 is 1.12 bits per heavy atom. The average Bonchev–Trinajstić information content (AvgIpc) is 2.77. The third kappa shape index (κ3) is 6.21. The predicted octanol–water partition coefficient (Wildman–Crippen LogP) is 2.56. The molecule has 32 heavy (non-hydrogen) atoms. The Balaban J connectivity index is 1.43. The first-order chi connectivity index (χ1) is 15.2. The van der Waals surface area contributed by atoms with Crippen LogP contribution in [0.4, 0.5) is 14.6 Å². The first-order valence-electron chi connectivity index (χ1n) is 9.80. The van der Waals surface area contributed by atoms with Crippen LogP contribution in [-0.2, 0) is 19.6 Å². The van der Waals surface area contributed by atoms with Crippen LogP contribution in [0.25, 0.3) is 0 Å². The monoisotopic (exact) mass is 486 g/mol. The molecule has 172 valence electrons. The van der Waals surface area contributed by atoms with Gasteiger partial charge in [0.15, 0.2) is 11.6 Å². The van der Waals surface area contributed by atoms with Crippen molar-refractivity contribution >= 4 is 39.3 Å². The Hall–Kier alpha value is -2.63. The van der Waals surface area contributed by atoms with Crippen LogP contribution in [0, 0.1) is 17.6 Å². The van der Waals surface area contributed by atoms with Crippen LogP contribution in [0.5, 0.6) is 0 Å². The van der Waals surface area contributed by atoms with E-state index in [0.29, 0.717) is 42.8 Å². The smallest absolute Gasteiger partial charge is 0.240 e. The molecular weight excluding hydrogens is 466 g/mol. The highest BCUT2D eigenvalue weighted by Crippen LogP contribution is 2.20. The Kier molecular flexibility index (Phi) is 7.75. The van der Waals surface area contributed by atoms with Gasteiger partial charge in [0.25, 0.3) is 0 Å². The molecule has 1 aromatic heterocycles. The maximum absolute atomic E-state index is 13.3. The molecule has 1 aromatic carbocycles. The quantitative estimate of drug-likeness (QED) is 0.625. The molecule has 1 aliphatic heterocycles. The summed E-state index contributed by atoms with van der Waals surface area (Å²) in [5, 5.41) is 3.18. The molecule has 0 unspecified atom stereocenters. The molecule has 2 aromatic rings. The molecule has 1 saturated heterocycles. The summed E-state index contributed by atoms with van der Waals surface area (Å²) < 4.78 is 52.8. The van der Waals surface area contributed by atoms with Gasteiger partial charge in [-0.05, 0) is 43.2 Å². The number of piperidine rings is 1. The van der Waals surface area contributed by atoms with Gasteiger partial charge in [-0.1, -0.05) is 11.6 Å². The largest absolute Gasteiger partial charge is 0.343 e. The molecule has 8 nitrogen and oxygen atoms in total. The molecule has 1 aliphatic rings. The van der Waals surface area contributed by atoms with Crippen molar-refractivity contribution in [1.29, 1.82) is 0 Å². The van der Waals surface area contributed by atoms with Crippen molar-refractivity contribution in [2.75, 3.05) is 25.0 Å². The fraction of sp³-hybridized carbons (Fsp3) is 0.350. The standard InChI is InChI=1S/C20H21ClF2N4O4S/c21-14-1-4-18(24-12-14)26-20(29)13-6-9-27(10-7-13)19(28)5-8-25-32(30,31)15-2-3-16(22)17(23)11-15/h1-4,11-13,25H,5-10H2,(H,24,26,29). The molecule has 0 aliphatic carbocycles. The van der Waals surface area contributed by atoms with Gasteiger partial charge in [-0.15, -0.1) is 0 Å². The highest BCUT2D eigenvalue weighted by atomic mass is 35.5. The lowest BCUT2D eigenvalue weighted by molar-refractivity contribution is -0.134. The second-order valence-electron chi connectivity index (χ2n) is 7.23. The van der Waals surface area contributed by atoms with E-state index in [1.54, 1.807) is 17.0 Å². The van der Waals surface area contributed by atoms with E-state index in [4.69, 9.17) is 11.6 Å². The number of carbonyl (C=O) groups is 2. The first kappa shape index (κ1) is 24.0. The molecule has 0 radical (unpaired) electrons. The number of amides is 2. The number of anilines is 1. The summed E-state index contributed by atoms with van der Waals surface area (Å²) in [5.41, 5.74) is 0. The number of nitrogens with zero attached hydrogens (tertiary/aromatic N) is 2. The minimum atomic E-state index is -4.07. The van der Waals surface area contributed by atoms with Crippen molar-refractivity contribution in [2.45, 2.75) is 24.2 Å². The fourth-order valence-corrected chi connectivity index (χ4v) is 4.40. The Labute approximate surface area is 189 Å². The number of sulfonamides is 1. The molecule has 2 heterocycles. The minimum Gasteiger partial charge on any atom is -0.343 e. The Morgan fingerprint density at radius 3 is 2.47 bits per heavy atom. The van der Waals surface area contributed by atoms with Crippen molar-refractivity contribution in [1.82, 2.24) is 14.6 Å².